The van der Waals surface area contributed by atoms with Crippen LogP contribution in [-0.2, 0) is 11.3 Å². The molecule has 2 aromatic carbocycles. The van der Waals surface area contributed by atoms with Crippen LogP contribution in [0.4, 0.5) is 0 Å². The molecule has 7 heteroatoms. The number of halogens is 1. The summed E-state index contributed by atoms with van der Waals surface area (Å²) in [7, 11) is 3.22. The highest BCUT2D eigenvalue weighted by atomic mass is 35.5. The van der Waals surface area contributed by atoms with E-state index in [1.807, 2.05) is 42.5 Å². The second-order valence-electron chi connectivity index (χ2n) is 6.00. The number of hydrogen-bond donors (Lipinski definition) is 0. The molecule has 1 aromatic heterocycles. The van der Waals surface area contributed by atoms with Crippen LogP contribution < -0.4 is 4.74 Å². The largest absolute Gasteiger partial charge is 0.497 e. The van der Waals surface area contributed by atoms with Crippen LogP contribution in [0.3, 0.4) is 0 Å². The number of carbonyl (C=O) groups excluding carboxylic acids is 1. The third-order valence-corrected chi connectivity index (χ3v) is 4.41. The molecule has 27 heavy (non-hydrogen) atoms. The molecule has 0 spiro atoms. The van der Waals surface area contributed by atoms with E-state index in [2.05, 4.69) is 9.97 Å². The number of nitrogens with zero attached hydrogens (tertiary/aromatic N) is 4. The lowest BCUT2D eigenvalue weighted by atomic mass is 10.1. The molecule has 6 nitrogen and oxygen atoms in total. The molecule has 0 aliphatic rings. The Labute approximate surface area is 162 Å². The molecule has 0 saturated heterocycles. The molecular weight excluding hydrogens is 364 g/mol. The van der Waals surface area contributed by atoms with Crippen molar-refractivity contribution in [2.24, 2.45) is 0 Å². The molecule has 136 valence electrons. The second-order valence-corrected chi connectivity index (χ2v) is 6.35. The van der Waals surface area contributed by atoms with Crippen molar-refractivity contribution in [2.75, 3.05) is 14.2 Å². The smallest absolute Gasteiger partial charge is 0.246 e. The number of methoxy groups -OCH3 is 1. The molecular formula is C20H17ClN4O2. The molecule has 0 aliphatic heterocycles. The van der Waals surface area contributed by atoms with Crippen LogP contribution in [0.1, 0.15) is 17.2 Å². The Morgan fingerprint density at radius 1 is 1.22 bits per heavy atom. The fourth-order valence-electron chi connectivity index (χ4n) is 2.75. The minimum atomic E-state index is -1.13. The lowest BCUT2D eigenvalue weighted by Gasteiger charge is -2.20. The molecule has 3 aromatic rings. The van der Waals surface area contributed by atoms with Gasteiger partial charge in [0.25, 0.3) is 0 Å². The van der Waals surface area contributed by atoms with E-state index in [9.17, 15) is 10.1 Å². The van der Waals surface area contributed by atoms with Crippen molar-refractivity contribution < 1.29 is 9.53 Å². The van der Waals surface area contributed by atoms with Crippen LogP contribution in [0.15, 0.2) is 48.5 Å². The highest BCUT2D eigenvalue weighted by Gasteiger charge is 2.28. The maximum Gasteiger partial charge on any atom is 0.246 e. The molecule has 0 bridgehead atoms. The highest BCUT2D eigenvalue weighted by Crippen LogP contribution is 2.26. The van der Waals surface area contributed by atoms with Gasteiger partial charge in [0.1, 0.15) is 11.4 Å². The molecule has 0 fully saturated rings. The second kappa shape index (κ2) is 8.02. The number of ether oxygens (including phenoxy) is 1. The number of carbonyl (C=O) groups is 1. The molecule has 1 amide bonds. The lowest BCUT2D eigenvalue weighted by Crippen LogP contribution is -2.31. The minimum Gasteiger partial charge on any atom is -0.497 e. The number of benzene rings is 2. The monoisotopic (exact) mass is 380 g/mol. The van der Waals surface area contributed by atoms with Crippen molar-refractivity contribution in [3.8, 4) is 11.8 Å². The summed E-state index contributed by atoms with van der Waals surface area (Å²) in [5.74, 6) is -0.828. The Balaban J connectivity index is 1.87. The van der Waals surface area contributed by atoms with Crippen LogP contribution >= 0.6 is 11.6 Å². The van der Waals surface area contributed by atoms with Crippen LogP contribution in [0.25, 0.3) is 11.0 Å². The van der Waals surface area contributed by atoms with E-state index in [0.717, 1.165) is 5.56 Å². The first-order chi connectivity index (χ1) is 13.0. The summed E-state index contributed by atoms with van der Waals surface area (Å²) in [5.41, 5.74) is 2.25. The van der Waals surface area contributed by atoms with Gasteiger partial charge in [0, 0.05) is 13.6 Å². The van der Waals surface area contributed by atoms with Crippen LogP contribution in [-0.4, -0.2) is 34.9 Å². The van der Waals surface area contributed by atoms with Crippen molar-refractivity contribution in [3.05, 3.63) is 64.9 Å². The maximum absolute atomic E-state index is 12.9. The standard InChI is InChI=1S/C20H17ClN4O2/c1-25(12-13-6-5-7-14(10-13)27-2)20(26)15(11-22)18-19(21)24-17-9-4-3-8-16(17)23-18/h3-10,15H,12H2,1-2H3. The SMILES string of the molecule is COc1cccc(CN(C)C(=O)C(C#N)c2nc3ccccc3nc2Cl)c1. The highest BCUT2D eigenvalue weighted by molar-refractivity contribution is 6.30. The molecule has 1 atom stereocenters. The van der Waals surface area contributed by atoms with Gasteiger partial charge in [0.05, 0.1) is 24.2 Å². The van der Waals surface area contributed by atoms with Gasteiger partial charge in [-0.25, -0.2) is 9.97 Å². The number of hydrogen-bond acceptors (Lipinski definition) is 5. The Hall–Kier alpha value is -3.17. The van der Waals surface area contributed by atoms with Gasteiger partial charge in [-0.15, -0.1) is 0 Å². The fourth-order valence-corrected chi connectivity index (χ4v) is 2.99. The van der Waals surface area contributed by atoms with Gasteiger partial charge < -0.3 is 9.64 Å². The zero-order chi connectivity index (χ0) is 19.4. The van der Waals surface area contributed by atoms with E-state index < -0.39 is 11.8 Å². The van der Waals surface area contributed by atoms with E-state index in [1.54, 1.807) is 26.3 Å². The first-order valence-electron chi connectivity index (χ1n) is 8.23. The van der Waals surface area contributed by atoms with Crippen molar-refractivity contribution in [3.63, 3.8) is 0 Å². The third-order valence-electron chi connectivity index (χ3n) is 4.13. The average Bonchev–Trinajstić information content (AvgIpc) is 2.68. The molecule has 3 rings (SSSR count). The summed E-state index contributed by atoms with van der Waals surface area (Å²) in [6.45, 7) is 0.326. The zero-order valence-corrected chi connectivity index (χ0v) is 15.6. The van der Waals surface area contributed by atoms with Gasteiger partial charge in [0.2, 0.25) is 5.91 Å². The number of nitriles is 1. The minimum absolute atomic E-state index is 0.0587. The van der Waals surface area contributed by atoms with E-state index >= 15 is 0 Å². The Bertz CT molecular complexity index is 1030. The first kappa shape index (κ1) is 18.6. The third kappa shape index (κ3) is 3.99. The van der Waals surface area contributed by atoms with E-state index in [1.165, 1.54) is 4.90 Å². The number of likely N-dealkylation sites (N-methyl/N-ethyl adjacent to an activating group) is 1. The summed E-state index contributed by atoms with van der Waals surface area (Å²) in [6.07, 6.45) is 0. The van der Waals surface area contributed by atoms with E-state index in [0.29, 0.717) is 23.3 Å². The van der Waals surface area contributed by atoms with Crippen molar-refractivity contribution in [1.82, 2.24) is 14.9 Å². The van der Waals surface area contributed by atoms with Gasteiger partial charge in [-0.1, -0.05) is 35.9 Å². The number of aromatic nitrogens is 2. The Kier molecular flexibility index (Phi) is 5.53. The van der Waals surface area contributed by atoms with Crippen molar-refractivity contribution in [1.29, 1.82) is 5.26 Å². The summed E-state index contributed by atoms with van der Waals surface area (Å²) >= 11 is 6.21. The van der Waals surface area contributed by atoms with Gasteiger partial charge in [-0.2, -0.15) is 5.26 Å². The molecule has 1 heterocycles. The summed E-state index contributed by atoms with van der Waals surface area (Å²) < 4.78 is 5.20. The van der Waals surface area contributed by atoms with Gasteiger partial charge in [-0.05, 0) is 29.8 Å². The van der Waals surface area contributed by atoms with E-state index in [4.69, 9.17) is 16.3 Å². The van der Waals surface area contributed by atoms with Gasteiger partial charge >= 0.3 is 0 Å². The zero-order valence-electron chi connectivity index (χ0n) is 14.9. The van der Waals surface area contributed by atoms with Crippen LogP contribution in [0.2, 0.25) is 5.15 Å². The molecule has 1 unspecified atom stereocenters. The number of para-hydroxylation sites is 2. The van der Waals surface area contributed by atoms with Crippen LogP contribution in [0, 0.1) is 11.3 Å². The van der Waals surface area contributed by atoms with Crippen molar-refractivity contribution >= 4 is 28.5 Å². The molecule has 0 saturated carbocycles. The van der Waals surface area contributed by atoms with Gasteiger partial charge in [-0.3, -0.25) is 4.79 Å². The normalized spacial score (nSPS) is 11.6. The topological polar surface area (TPSA) is 79.1 Å². The number of rotatable bonds is 5. The lowest BCUT2D eigenvalue weighted by molar-refractivity contribution is -0.130. The van der Waals surface area contributed by atoms with Crippen molar-refractivity contribution in [2.45, 2.75) is 12.5 Å². The summed E-state index contributed by atoms with van der Waals surface area (Å²) in [6, 6.07) is 16.6. The predicted octanol–water partition coefficient (Wildman–Crippen LogP) is 3.56. The Morgan fingerprint density at radius 2 is 1.93 bits per heavy atom. The first-order valence-corrected chi connectivity index (χ1v) is 8.61. The predicted molar refractivity (Wildman–Crippen MR) is 102 cm³/mol. The quantitative estimate of drug-likeness (QED) is 0.676. The maximum atomic E-state index is 12.9. The van der Waals surface area contributed by atoms with E-state index in [-0.39, 0.29) is 10.8 Å². The number of amides is 1. The Morgan fingerprint density at radius 3 is 2.59 bits per heavy atom. The molecule has 0 N–H and O–H groups in total. The number of fused-ring (bicyclic) bond motifs is 1. The molecule has 0 aliphatic carbocycles. The summed E-state index contributed by atoms with van der Waals surface area (Å²) in [5, 5.41) is 9.66. The fraction of sp³-hybridized carbons (Fsp3) is 0.200. The van der Waals surface area contributed by atoms with Gasteiger partial charge in [0.15, 0.2) is 11.1 Å². The average molecular weight is 381 g/mol. The summed E-state index contributed by atoms with van der Waals surface area (Å²) in [4.78, 5) is 23.0. The molecule has 0 radical (unpaired) electrons. The van der Waals surface area contributed by atoms with Crippen LogP contribution in [0.5, 0.6) is 5.75 Å².